The fraction of sp³-hybridized carbons (Fsp3) is 0.400. The summed E-state index contributed by atoms with van der Waals surface area (Å²) in [6, 6.07) is 15.4. The third-order valence-electron chi connectivity index (χ3n) is 6.29. The molecule has 174 valence electrons. The molecule has 0 radical (unpaired) electrons. The number of benzene rings is 2. The van der Waals surface area contributed by atoms with Gasteiger partial charge in [-0.2, -0.15) is 11.8 Å². The number of carboxylic acids is 1. The monoisotopic (exact) mass is 468 g/mol. The van der Waals surface area contributed by atoms with Gasteiger partial charge >= 0.3 is 12.1 Å². The van der Waals surface area contributed by atoms with E-state index >= 15 is 0 Å². The summed E-state index contributed by atoms with van der Waals surface area (Å²) in [5.74, 6) is -0.700. The molecule has 1 unspecified atom stereocenters. The van der Waals surface area contributed by atoms with Crippen molar-refractivity contribution < 1.29 is 24.2 Å². The first kappa shape index (κ1) is 23.2. The topological polar surface area (TPSA) is 105 Å². The summed E-state index contributed by atoms with van der Waals surface area (Å²) in [7, 11) is 0. The van der Waals surface area contributed by atoms with E-state index in [9.17, 15) is 14.4 Å². The number of hydrogen-bond donors (Lipinski definition) is 3. The first-order valence-electron chi connectivity index (χ1n) is 11.1. The fourth-order valence-electron chi connectivity index (χ4n) is 4.42. The van der Waals surface area contributed by atoms with Crippen molar-refractivity contribution in [3.63, 3.8) is 0 Å². The molecule has 2 aromatic rings. The Morgan fingerprint density at radius 2 is 1.70 bits per heavy atom. The van der Waals surface area contributed by atoms with Crippen LogP contribution in [0.25, 0.3) is 11.1 Å². The van der Waals surface area contributed by atoms with Crippen LogP contribution in [-0.2, 0) is 14.3 Å². The Labute approximate surface area is 197 Å². The molecule has 7 nitrogen and oxygen atoms in total. The van der Waals surface area contributed by atoms with Gasteiger partial charge in [0, 0.05) is 5.92 Å². The first-order chi connectivity index (χ1) is 15.9. The van der Waals surface area contributed by atoms with Crippen LogP contribution in [0.5, 0.6) is 0 Å². The van der Waals surface area contributed by atoms with E-state index in [0.29, 0.717) is 25.0 Å². The molecule has 3 N–H and O–H groups in total. The molecule has 0 aromatic heterocycles. The maximum atomic E-state index is 12.8. The van der Waals surface area contributed by atoms with Crippen molar-refractivity contribution in [2.45, 2.75) is 43.2 Å². The van der Waals surface area contributed by atoms with Crippen LogP contribution < -0.4 is 10.6 Å². The van der Waals surface area contributed by atoms with E-state index in [1.807, 2.05) is 42.7 Å². The second-order valence-electron chi connectivity index (χ2n) is 8.64. The third-order valence-corrected chi connectivity index (χ3v) is 6.94. The van der Waals surface area contributed by atoms with Crippen molar-refractivity contribution in [2.24, 2.45) is 0 Å². The highest BCUT2D eigenvalue weighted by Gasteiger charge is 2.46. The normalized spacial score (nSPS) is 16.3. The fourth-order valence-corrected chi connectivity index (χ4v) is 4.89. The van der Waals surface area contributed by atoms with Crippen LogP contribution in [0.15, 0.2) is 48.5 Å². The molecule has 2 amide bonds. The number of rotatable bonds is 10. The summed E-state index contributed by atoms with van der Waals surface area (Å²) < 4.78 is 5.58. The van der Waals surface area contributed by atoms with E-state index < -0.39 is 23.6 Å². The lowest BCUT2D eigenvalue weighted by Gasteiger charge is -2.22. The number of hydrogen-bond acceptors (Lipinski definition) is 5. The highest BCUT2D eigenvalue weighted by molar-refractivity contribution is 7.98. The van der Waals surface area contributed by atoms with E-state index in [2.05, 4.69) is 22.8 Å². The van der Waals surface area contributed by atoms with Gasteiger partial charge in [0.2, 0.25) is 5.91 Å². The predicted molar refractivity (Wildman–Crippen MR) is 127 cm³/mol. The van der Waals surface area contributed by atoms with Crippen molar-refractivity contribution >= 4 is 29.7 Å². The smallest absolute Gasteiger partial charge is 0.407 e. The Bertz CT molecular complexity index is 1010. The summed E-state index contributed by atoms with van der Waals surface area (Å²) in [5, 5.41) is 14.6. The van der Waals surface area contributed by atoms with Crippen LogP contribution in [-0.4, -0.2) is 53.3 Å². The molecule has 2 aromatic carbocycles. The number of carbonyl (C=O) groups excluding carboxylic acids is 2. The van der Waals surface area contributed by atoms with E-state index in [1.165, 1.54) is 0 Å². The lowest BCUT2D eigenvalue weighted by Crippen LogP contribution is -2.51. The van der Waals surface area contributed by atoms with Crippen molar-refractivity contribution in [3.05, 3.63) is 59.7 Å². The third kappa shape index (κ3) is 5.33. The Balaban J connectivity index is 1.39. The van der Waals surface area contributed by atoms with Crippen LogP contribution in [0.3, 0.4) is 0 Å². The zero-order valence-electron chi connectivity index (χ0n) is 18.5. The lowest BCUT2D eigenvalue weighted by molar-refractivity contribution is -0.138. The highest BCUT2D eigenvalue weighted by Crippen LogP contribution is 2.44. The summed E-state index contributed by atoms with van der Waals surface area (Å²) in [6.45, 7) is 0.166. The van der Waals surface area contributed by atoms with Gasteiger partial charge in [-0.15, -0.1) is 0 Å². The van der Waals surface area contributed by atoms with Crippen molar-refractivity contribution in [1.29, 1.82) is 0 Å². The summed E-state index contributed by atoms with van der Waals surface area (Å²) in [4.78, 5) is 36.6. The van der Waals surface area contributed by atoms with Gasteiger partial charge in [0.05, 0.1) is 12.0 Å². The second-order valence-corrected chi connectivity index (χ2v) is 9.63. The van der Waals surface area contributed by atoms with Crippen LogP contribution in [0, 0.1) is 0 Å². The minimum absolute atomic E-state index is 0.0630. The molecule has 0 bridgehead atoms. The Kier molecular flexibility index (Phi) is 6.93. The van der Waals surface area contributed by atoms with E-state index in [4.69, 9.17) is 9.84 Å². The van der Waals surface area contributed by atoms with Crippen molar-refractivity contribution in [2.75, 3.05) is 18.6 Å². The molecule has 2 aliphatic rings. The van der Waals surface area contributed by atoms with Gasteiger partial charge in [0.25, 0.3) is 0 Å². The van der Waals surface area contributed by atoms with Crippen molar-refractivity contribution in [1.82, 2.24) is 10.6 Å². The minimum Gasteiger partial charge on any atom is -0.481 e. The van der Waals surface area contributed by atoms with Gasteiger partial charge in [0.1, 0.15) is 12.6 Å². The average molecular weight is 469 g/mol. The molecule has 1 fully saturated rings. The summed E-state index contributed by atoms with van der Waals surface area (Å²) >= 11 is 1.57. The predicted octanol–water partition coefficient (Wildman–Crippen LogP) is 3.77. The molecule has 0 spiro atoms. The number of thioether (sulfide) groups is 1. The molecule has 1 saturated carbocycles. The lowest BCUT2D eigenvalue weighted by atomic mass is 9.98. The minimum atomic E-state index is -0.946. The number of carbonyl (C=O) groups is 3. The molecule has 0 saturated heterocycles. The molecule has 33 heavy (non-hydrogen) atoms. The zero-order chi connectivity index (χ0) is 23.4. The van der Waals surface area contributed by atoms with Crippen LogP contribution in [0.2, 0.25) is 0 Å². The number of ether oxygens (including phenoxy) is 1. The van der Waals surface area contributed by atoms with Gasteiger partial charge in [0.15, 0.2) is 0 Å². The number of amides is 2. The first-order valence-corrected chi connectivity index (χ1v) is 12.5. The Morgan fingerprint density at radius 3 is 2.24 bits per heavy atom. The largest absolute Gasteiger partial charge is 0.481 e. The molecule has 8 heteroatoms. The van der Waals surface area contributed by atoms with Gasteiger partial charge in [-0.3, -0.25) is 9.59 Å². The molecule has 4 rings (SSSR count). The Hall–Kier alpha value is -3.00. The van der Waals surface area contributed by atoms with Gasteiger partial charge in [-0.25, -0.2) is 4.79 Å². The van der Waals surface area contributed by atoms with Crippen LogP contribution in [0.1, 0.15) is 42.7 Å². The SMILES string of the molecule is CSCCC(NC(=O)OCC1c2ccccc2-c2ccccc21)C(=O)NC1(CC(=O)O)CC1. The quantitative estimate of drug-likeness (QED) is 0.490. The summed E-state index contributed by atoms with van der Waals surface area (Å²) in [6.07, 6.45) is 2.85. The number of alkyl carbamates (subject to hydrolysis) is 1. The average Bonchev–Trinajstić information content (AvgIpc) is 3.46. The number of aliphatic carboxylic acids is 1. The van der Waals surface area contributed by atoms with Crippen LogP contribution >= 0.6 is 11.8 Å². The number of nitrogens with one attached hydrogen (secondary N) is 2. The summed E-state index contributed by atoms with van der Waals surface area (Å²) in [5.41, 5.74) is 3.84. The van der Waals surface area contributed by atoms with E-state index in [1.54, 1.807) is 11.8 Å². The molecule has 1 atom stereocenters. The maximum absolute atomic E-state index is 12.8. The van der Waals surface area contributed by atoms with Crippen LogP contribution in [0.4, 0.5) is 4.79 Å². The Morgan fingerprint density at radius 1 is 1.09 bits per heavy atom. The number of carboxylic acid groups (broad SMARTS) is 1. The second kappa shape index (κ2) is 9.87. The molecular weight excluding hydrogens is 440 g/mol. The van der Waals surface area contributed by atoms with Crippen molar-refractivity contribution in [3.8, 4) is 11.1 Å². The van der Waals surface area contributed by atoms with E-state index in [0.717, 1.165) is 22.3 Å². The standard InChI is InChI=1S/C25H28N2O5S/c1-33-13-10-21(23(30)27-25(11-12-25)14-22(28)29)26-24(31)32-15-20-18-8-4-2-6-16(18)17-7-3-5-9-19(17)20/h2-9,20-21H,10-15H2,1H3,(H,26,31)(H,27,30)(H,28,29). The van der Waals surface area contributed by atoms with Gasteiger partial charge in [-0.05, 0) is 53.5 Å². The molecular formula is C25H28N2O5S. The molecule has 2 aliphatic carbocycles. The van der Waals surface area contributed by atoms with Gasteiger partial charge in [-0.1, -0.05) is 48.5 Å². The molecule has 0 heterocycles. The molecule has 0 aliphatic heterocycles. The van der Waals surface area contributed by atoms with E-state index in [-0.39, 0.29) is 24.9 Å². The zero-order valence-corrected chi connectivity index (χ0v) is 19.3. The van der Waals surface area contributed by atoms with Gasteiger partial charge < -0.3 is 20.5 Å². The highest BCUT2D eigenvalue weighted by atomic mass is 32.2. The maximum Gasteiger partial charge on any atom is 0.407 e. The number of fused-ring (bicyclic) bond motifs is 3.